The molecular formula is C45H36N3S+. The van der Waals surface area contributed by atoms with Crippen LogP contribution in [0.3, 0.4) is 0 Å². The van der Waals surface area contributed by atoms with Crippen molar-refractivity contribution in [2.45, 2.75) is 35.2 Å². The first-order valence-corrected chi connectivity index (χ1v) is 17.8. The Balaban J connectivity index is 1.06. The van der Waals surface area contributed by atoms with Gasteiger partial charge < -0.3 is 4.57 Å². The molecule has 2 atom stereocenters. The van der Waals surface area contributed by atoms with Gasteiger partial charge in [0.2, 0.25) is 0 Å². The van der Waals surface area contributed by atoms with Gasteiger partial charge >= 0.3 is 0 Å². The average molecular weight is 651 g/mol. The zero-order valence-electron chi connectivity index (χ0n) is 27.3. The summed E-state index contributed by atoms with van der Waals surface area (Å²) in [4.78, 5) is 2.49. The highest BCUT2D eigenvalue weighted by Crippen LogP contribution is 2.40. The number of aromatic nitrogens is 1. The molecule has 0 saturated carbocycles. The van der Waals surface area contributed by atoms with Crippen LogP contribution in [0.15, 0.2) is 174 Å². The predicted molar refractivity (Wildman–Crippen MR) is 204 cm³/mol. The van der Waals surface area contributed by atoms with Crippen LogP contribution in [-0.2, 0) is 0 Å². The number of amidine groups is 1. The molecule has 1 aliphatic heterocycles. The molecule has 0 saturated heterocycles. The molecule has 1 aromatic heterocycles. The summed E-state index contributed by atoms with van der Waals surface area (Å²) in [5.41, 5.74) is 11.2. The van der Waals surface area contributed by atoms with Gasteiger partial charge in [0, 0.05) is 43.6 Å². The Morgan fingerprint density at radius 2 is 1.35 bits per heavy atom. The molecular weight excluding hydrogens is 615 g/mol. The number of fused-ring (bicyclic) bond motifs is 3. The molecule has 6 aromatic carbocycles. The molecule has 1 aliphatic carbocycles. The fourth-order valence-corrected chi connectivity index (χ4v) is 8.21. The quantitative estimate of drug-likeness (QED) is 0.173. The molecule has 2 heterocycles. The molecule has 9 rings (SSSR count). The Morgan fingerprint density at radius 3 is 2.14 bits per heavy atom. The van der Waals surface area contributed by atoms with E-state index in [9.17, 15) is 0 Å². The summed E-state index contributed by atoms with van der Waals surface area (Å²) in [6.45, 7) is 2.34. The minimum absolute atomic E-state index is 0.0132. The van der Waals surface area contributed by atoms with Crippen LogP contribution in [0.2, 0.25) is 0 Å². The second-order valence-electron chi connectivity index (χ2n) is 12.9. The molecule has 0 spiro atoms. The summed E-state index contributed by atoms with van der Waals surface area (Å²) in [7, 11) is 0. The third-order valence-corrected chi connectivity index (χ3v) is 10.8. The van der Waals surface area contributed by atoms with Crippen LogP contribution in [-0.4, -0.2) is 15.0 Å². The molecule has 0 radical (unpaired) electrons. The zero-order chi connectivity index (χ0) is 32.7. The summed E-state index contributed by atoms with van der Waals surface area (Å²) >= 11 is 1.79. The van der Waals surface area contributed by atoms with E-state index in [0.717, 1.165) is 17.9 Å². The first kappa shape index (κ1) is 29.6. The third kappa shape index (κ3) is 5.39. The highest BCUT2D eigenvalue weighted by molar-refractivity contribution is 7.99. The molecule has 0 bridgehead atoms. The Kier molecular flexibility index (Phi) is 7.52. The van der Waals surface area contributed by atoms with E-state index in [1.54, 1.807) is 11.8 Å². The Hall–Kier alpha value is -5.58. The maximum absolute atomic E-state index is 3.82. The van der Waals surface area contributed by atoms with Gasteiger partial charge in [-0.05, 0) is 90.3 Å². The van der Waals surface area contributed by atoms with Gasteiger partial charge in [-0.25, -0.2) is 5.32 Å². The van der Waals surface area contributed by atoms with E-state index in [0.29, 0.717) is 5.92 Å². The van der Waals surface area contributed by atoms with Crippen molar-refractivity contribution in [1.82, 2.24) is 9.88 Å². The van der Waals surface area contributed by atoms with Crippen molar-refractivity contribution in [1.29, 1.82) is 0 Å². The number of allylic oxidation sites excluding steroid dienone is 1. The zero-order valence-corrected chi connectivity index (χ0v) is 28.1. The molecule has 236 valence electrons. The number of nitrogens with one attached hydrogen (secondary N) is 1. The number of hydrogen-bond acceptors (Lipinski definition) is 2. The molecule has 4 heteroatoms. The topological polar surface area (TPSA) is 20.0 Å². The minimum atomic E-state index is 0.0132. The summed E-state index contributed by atoms with van der Waals surface area (Å²) in [5.74, 6) is 1.58. The van der Waals surface area contributed by atoms with Gasteiger partial charge in [-0.1, -0.05) is 116 Å². The lowest BCUT2D eigenvalue weighted by atomic mass is 9.93. The molecule has 0 fully saturated rings. The maximum Gasteiger partial charge on any atom is 0.289 e. The van der Waals surface area contributed by atoms with Gasteiger partial charge in [0.15, 0.2) is 0 Å². The third-order valence-electron chi connectivity index (χ3n) is 9.77. The second-order valence-corrected chi connectivity index (χ2v) is 14.1. The highest BCUT2D eigenvalue weighted by atomic mass is 32.2. The van der Waals surface area contributed by atoms with Gasteiger partial charge in [-0.15, -0.1) is 0 Å². The fourth-order valence-electron chi connectivity index (χ4n) is 7.37. The first-order chi connectivity index (χ1) is 24.2. The van der Waals surface area contributed by atoms with Crippen molar-refractivity contribution in [2.24, 2.45) is 0 Å². The largest absolute Gasteiger partial charge is 0.313 e. The number of nitrogens with zero attached hydrogens (tertiary/aromatic N) is 2. The molecule has 2 aliphatic rings. The summed E-state index contributed by atoms with van der Waals surface area (Å²) < 4.78 is 4.91. The average Bonchev–Trinajstić information content (AvgIpc) is 3.49. The van der Waals surface area contributed by atoms with E-state index < -0.39 is 0 Å². The lowest BCUT2D eigenvalue weighted by molar-refractivity contribution is -0.531. The molecule has 2 unspecified atom stereocenters. The second kappa shape index (κ2) is 12.5. The van der Waals surface area contributed by atoms with Crippen LogP contribution >= 0.6 is 11.8 Å². The van der Waals surface area contributed by atoms with Crippen molar-refractivity contribution >= 4 is 40.3 Å². The molecule has 7 aromatic rings. The van der Waals surface area contributed by atoms with Crippen LogP contribution in [0.5, 0.6) is 0 Å². The molecule has 1 N–H and O–H groups in total. The highest BCUT2D eigenvalue weighted by Gasteiger charge is 2.40. The molecule has 0 amide bonds. The lowest BCUT2D eigenvalue weighted by Gasteiger charge is -2.29. The van der Waals surface area contributed by atoms with Gasteiger partial charge in [-0.3, -0.25) is 0 Å². The SMILES string of the molecule is CC1CC=Cc2c1n(-c1ccc([N+]3=C(c4ccccc4)NC3c3cccc(-c4ccc(Sc5ccccc5)cc4)c3)cc1)c1ccccc21. The van der Waals surface area contributed by atoms with Crippen LogP contribution in [0, 0.1) is 0 Å². The van der Waals surface area contributed by atoms with E-state index in [2.05, 4.69) is 191 Å². The van der Waals surface area contributed by atoms with Gasteiger partial charge in [0.25, 0.3) is 12.0 Å². The summed E-state index contributed by atoms with van der Waals surface area (Å²) in [6.07, 6.45) is 5.71. The van der Waals surface area contributed by atoms with E-state index in [1.807, 2.05) is 0 Å². The van der Waals surface area contributed by atoms with E-state index in [4.69, 9.17) is 0 Å². The molecule has 49 heavy (non-hydrogen) atoms. The van der Waals surface area contributed by atoms with Crippen LogP contribution in [0.1, 0.15) is 47.8 Å². The van der Waals surface area contributed by atoms with Gasteiger partial charge in [0.1, 0.15) is 5.69 Å². The van der Waals surface area contributed by atoms with Crippen molar-refractivity contribution in [3.8, 4) is 16.8 Å². The van der Waals surface area contributed by atoms with Crippen molar-refractivity contribution in [3.05, 3.63) is 186 Å². The number of rotatable bonds is 7. The van der Waals surface area contributed by atoms with Gasteiger partial charge in [0.05, 0.1) is 11.1 Å². The Labute approximate surface area is 291 Å². The first-order valence-electron chi connectivity index (χ1n) is 17.0. The Bertz CT molecular complexity index is 2350. The fraction of sp³-hybridized carbons (Fsp3) is 0.0889. The summed E-state index contributed by atoms with van der Waals surface area (Å²) in [6, 6.07) is 57.0. The number of hydrogen-bond donors (Lipinski definition) is 1. The predicted octanol–water partition coefficient (Wildman–Crippen LogP) is 11.4. The van der Waals surface area contributed by atoms with Crippen molar-refractivity contribution in [2.75, 3.05) is 0 Å². The minimum Gasteiger partial charge on any atom is -0.313 e. The monoisotopic (exact) mass is 650 g/mol. The van der Waals surface area contributed by atoms with Gasteiger partial charge in [-0.2, -0.15) is 4.58 Å². The maximum atomic E-state index is 3.82. The summed E-state index contributed by atoms with van der Waals surface area (Å²) in [5, 5.41) is 5.14. The van der Waals surface area contributed by atoms with Crippen LogP contribution in [0.4, 0.5) is 5.69 Å². The smallest absolute Gasteiger partial charge is 0.289 e. The molecule has 3 nitrogen and oxygen atoms in total. The standard InChI is InChI=1S/C45H35N3S/c1-31-12-10-20-41-40-19-8-9-21-42(40)47(43(31)41)36-24-26-37(27-25-36)48-44(33-13-4-2-5-14-33)46-45(48)35-16-11-15-34(30-35)32-22-28-39(29-23-32)49-38-17-6-3-7-18-38/h2-11,13-31,45H,12H2,1H3/p+1. The van der Waals surface area contributed by atoms with Crippen LogP contribution in [0.25, 0.3) is 33.8 Å². The van der Waals surface area contributed by atoms with Crippen molar-refractivity contribution in [3.63, 3.8) is 0 Å². The lowest BCUT2D eigenvalue weighted by Crippen LogP contribution is -2.51. The van der Waals surface area contributed by atoms with Crippen LogP contribution < -0.4 is 5.32 Å². The van der Waals surface area contributed by atoms with Crippen molar-refractivity contribution < 1.29 is 4.58 Å². The van der Waals surface area contributed by atoms with E-state index in [1.165, 1.54) is 59.9 Å². The Morgan fingerprint density at radius 1 is 0.653 bits per heavy atom. The van der Waals surface area contributed by atoms with E-state index >= 15 is 0 Å². The van der Waals surface area contributed by atoms with E-state index in [-0.39, 0.29) is 6.17 Å². The normalized spacial score (nSPS) is 16.7. The number of benzene rings is 6. The number of para-hydroxylation sites is 1.